The van der Waals surface area contributed by atoms with Gasteiger partial charge in [0, 0.05) is 0 Å². The number of fused-ring (bicyclic) bond motifs is 1. The van der Waals surface area contributed by atoms with Crippen molar-refractivity contribution in [2.75, 3.05) is 13.2 Å². The second kappa shape index (κ2) is 24.3. The van der Waals surface area contributed by atoms with E-state index in [9.17, 15) is 19.2 Å². The Morgan fingerprint density at radius 2 is 1.24 bits per heavy atom. The topological polar surface area (TPSA) is 109 Å². The Morgan fingerprint density at radius 1 is 0.660 bits per heavy atom. The highest BCUT2D eigenvalue weighted by molar-refractivity contribution is 5.96. The fourth-order valence-corrected chi connectivity index (χ4v) is 8.16. The highest BCUT2D eigenvalue weighted by atomic mass is 16.6. The van der Waals surface area contributed by atoms with Crippen LogP contribution in [-0.4, -0.2) is 49.3 Å². The Balaban J connectivity index is 1.47. The highest BCUT2D eigenvalue weighted by Gasteiger charge is 2.47. The van der Waals surface area contributed by atoms with Crippen LogP contribution in [0.25, 0.3) is 0 Å². The second-order valence-electron chi connectivity index (χ2n) is 16.0. The van der Waals surface area contributed by atoms with Crippen molar-refractivity contribution in [1.82, 2.24) is 0 Å². The standard InChI is InChI=1S/C42H72O8/c1-5-7-9-11-13-14-16-18-28-48-40(44)34(23-19-22-32(4)39(43)47-27-17-15-12-10-8-6-2)29-36-35(41(45)50-42(36)46)24-20-21-31(3)33-25-26-37-38(30-33)49-37/h31-38H,5-30H2,1-4H3. The molecule has 2 aliphatic heterocycles. The zero-order valence-corrected chi connectivity index (χ0v) is 32.3. The maximum Gasteiger partial charge on any atom is 0.317 e. The van der Waals surface area contributed by atoms with Gasteiger partial charge in [0.15, 0.2) is 0 Å². The van der Waals surface area contributed by atoms with Crippen LogP contribution in [-0.2, 0) is 38.1 Å². The van der Waals surface area contributed by atoms with Crippen molar-refractivity contribution in [1.29, 1.82) is 0 Å². The predicted octanol–water partition coefficient (Wildman–Crippen LogP) is 10.1. The lowest BCUT2D eigenvalue weighted by molar-refractivity contribution is -0.154. The summed E-state index contributed by atoms with van der Waals surface area (Å²) in [5.41, 5.74) is 0. The Hall–Kier alpha value is -1.96. The summed E-state index contributed by atoms with van der Waals surface area (Å²) in [5.74, 6) is -2.19. The Kier molecular flexibility index (Phi) is 20.6. The molecule has 50 heavy (non-hydrogen) atoms. The quantitative estimate of drug-likeness (QED) is 0.0249. The minimum absolute atomic E-state index is 0.190. The summed E-state index contributed by atoms with van der Waals surface area (Å²) in [6.07, 6.45) is 25.0. The lowest BCUT2D eigenvalue weighted by Crippen LogP contribution is -2.27. The molecule has 2 heterocycles. The van der Waals surface area contributed by atoms with Gasteiger partial charge in [-0.2, -0.15) is 0 Å². The molecule has 3 fully saturated rings. The van der Waals surface area contributed by atoms with E-state index in [0.717, 1.165) is 57.8 Å². The summed E-state index contributed by atoms with van der Waals surface area (Å²) in [6.45, 7) is 9.43. The zero-order valence-electron chi connectivity index (χ0n) is 32.3. The SMILES string of the molecule is CCCCCCCCCCOC(=O)C(CCCC(C)C(=O)OCCCCCCCC)CC1C(=O)OC(=O)C1CCCC(C)C1CCC2OC2C1. The molecular formula is C42H72O8. The number of epoxide rings is 1. The van der Waals surface area contributed by atoms with Crippen LogP contribution in [0.2, 0.25) is 0 Å². The number of rotatable bonds is 29. The van der Waals surface area contributed by atoms with Gasteiger partial charge < -0.3 is 18.9 Å². The van der Waals surface area contributed by atoms with Gasteiger partial charge in [0.2, 0.25) is 0 Å². The van der Waals surface area contributed by atoms with Crippen molar-refractivity contribution in [3.05, 3.63) is 0 Å². The average Bonchev–Trinajstić information content (AvgIpc) is 3.84. The molecule has 0 amide bonds. The molecule has 3 rings (SSSR count). The molecular weight excluding hydrogens is 632 g/mol. The molecule has 1 aliphatic carbocycles. The van der Waals surface area contributed by atoms with Crippen molar-refractivity contribution < 1.29 is 38.1 Å². The van der Waals surface area contributed by atoms with Crippen LogP contribution in [0.5, 0.6) is 0 Å². The van der Waals surface area contributed by atoms with Gasteiger partial charge in [0.1, 0.15) is 0 Å². The second-order valence-corrected chi connectivity index (χ2v) is 16.0. The molecule has 1 saturated carbocycles. The molecule has 0 aromatic carbocycles. The van der Waals surface area contributed by atoms with E-state index >= 15 is 0 Å². The van der Waals surface area contributed by atoms with E-state index in [1.165, 1.54) is 64.2 Å². The van der Waals surface area contributed by atoms with Crippen LogP contribution in [0, 0.1) is 35.5 Å². The molecule has 3 aliphatic rings. The van der Waals surface area contributed by atoms with E-state index in [1.807, 2.05) is 6.92 Å². The predicted molar refractivity (Wildman–Crippen MR) is 196 cm³/mol. The van der Waals surface area contributed by atoms with Gasteiger partial charge in [-0.15, -0.1) is 0 Å². The van der Waals surface area contributed by atoms with Crippen LogP contribution in [0.15, 0.2) is 0 Å². The van der Waals surface area contributed by atoms with E-state index in [2.05, 4.69) is 20.8 Å². The van der Waals surface area contributed by atoms with Crippen LogP contribution in [0.4, 0.5) is 0 Å². The molecule has 8 nitrogen and oxygen atoms in total. The lowest BCUT2D eigenvalue weighted by atomic mass is 9.77. The smallest absolute Gasteiger partial charge is 0.317 e. The van der Waals surface area contributed by atoms with Crippen molar-refractivity contribution >= 4 is 23.9 Å². The van der Waals surface area contributed by atoms with Crippen molar-refractivity contribution in [2.24, 2.45) is 35.5 Å². The Bertz CT molecular complexity index is 996. The first-order valence-electron chi connectivity index (χ1n) is 21.0. The molecule has 2 saturated heterocycles. The summed E-state index contributed by atoms with van der Waals surface area (Å²) >= 11 is 0. The summed E-state index contributed by atoms with van der Waals surface area (Å²) in [7, 11) is 0. The Morgan fingerprint density at radius 3 is 1.86 bits per heavy atom. The maximum atomic E-state index is 13.5. The third kappa shape index (κ3) is 15.7. The van der Waals surface area contributed by atoms with E-state index in [-0.39, 0.29) is 24.3 Å². The minimum Gasteiger partial charge on any atom is -0.465 e. The average molecular weight is 705 g/mol. The summed E-state index contributed by atoms with van der Waals surface area (Å²) < 4.78 is 22.2. The van der Waals surface area contributed by atoms with Crippen LogP contribution >= 0.6 is 0 Å². The van der Waals surface area contributed by atoms with Gasteiger partial charge in [-0.3, -0.25) is 19.2 Å². The maximum absolute atomic E-state index is 13.5. The first kappa shape index (κ1) is 42.5. The van der Waals surface area contributed by atoms with E-state index in [4.69, 9.17) is 18.9 Å². The molecule has 8 atom stereocenters. The summed E-state index contributed by atoms with van der Waals surface area (Å²) in [4.78, 5) is 51.9. The first-order valence-corrected chi connectivity index (χ1v) is 21.0. The molecule has 8 unspecified atom stereocenters. The number of hydrogen-bond acceptors (Lipinski definition) is 8. The minimum atomic E-state index is -0.631. The molecule has 0 aromatic rings. The summed E-state index contributed by atoms with van der Waals surface area (Å²) in [5, 5.41) is 0. The largest absolute Gasteiger partial charge is 0.465 e. The van der Waals surface area contributed by atoms with Gasteiger partial charge in [-0.25, -0.2) is 0 Å². The van der Waals surface area contributed by atoms with Gasteiger partial charge in [0.05, 0.1) is 49.1 Å². The van der Waals surface area contributed by atoms with E-state index in [0.29, 0.717) is 62.9 Å². The van der Waals surface area contributed by atoms with E-state index < -0.39 is 29.7 Å². The van der Waals surface area contributed by atoms with E-state index in [1.54, 1.807) is 0 Å². The van der Waals surface area contributed by atoms with Gasteiger partial charge >= 0.3 is 23.9 Å². The van der Waals surface area contributed by atoms with Gasteiger partial charge in [0.25, 0.3) is 0 Å². The number of carbonyl (C=O) groups is 4. The molecule has 0 bridgehead atoms. The number of ether oxygens (including phenoxy) is 4. The number of carbonyl (C=O) groups excluding carboxylic acids is 4. The van der Waals surface area contributed by atoms with Crippen molar-refractivity contribution in [3.8, 4) is 0 Å². The molecule has 0 N–H and O–H groups in total. The van der Waals surface area contributed by atoms with Crippen LogP contribution < -0.4 is 0 Å². The lowest BCUT2D eigenvalue weighted by Gasteiger charge is -2.26. The number of cyclic esters (lactones) is 2. The monoisotopic (exact) mass is 705 g/mol. The fourth-order valence-electron chi connectivity index (χ4n) is 8.16. The van der Waals surface area contributed by atoms with Crippen LogP contribution in [0.3, 0.4) is 0 Å². The van der Waals surface area contributed by atoms with Gasteiger partial charge in [-0.1, -0.05) is 124 Å². The van der Waals surface area contributed by atoms with Crippen LogP contribution in [0.1, 0.15) is 182 Å². The first-order chi connectivity index (χ1) is 24.2. The third-order valence-corrected chi connectivity index (χ3v) is 11.8. The number of esters is 4. The molecule has 0 spiro atoms. The third-order valence-electron chi connectivity index (χ3n) is 11.8. The summed E-state index contributed by atoms with van der Waals surface area (Å²) in [6, 6.07) is 0. The molecule has 0 aromatic heterocycles. The van der Waals surface area contributed by atoms with Gasteiger partial charge in [-0.05, 0) is 69.6 Å². The number of hydrogen-bond donors (Lipinski definition) is 0. The highest BCUT2D eigenvalue weighted by Crippen LogP contribution is 2.43. The van der Waals surface area contributed by atoms with Crippen molar-refractivity contribution in [2.45, 2.75) is 194 Å². The Labute approximate surface area is 304 Å². The zero-order chi connectivity index (χ0) is 36.1. The fraction of sp³-hybridized carbons (Fsp3) is 0.905. The molecule has 0 radical (unpaired) electrons. The number of unbranched alkanes of at least 4 members (excludes halogenated alkanes) is 12. The molecule has 288 valence electrons. The normalized spacial score (nSPS) is 24.7. The van der Waals surface area contributed by atoms with Crippen molar-refractivity contribution in [3.63, 3.8) is 0 Å². The molecule has 8 heteroatoms.